The van der Waals surface area contributed by atoms with Crippen LogP contribution in [0.3, 0.4) is 0 Å². The van der Waals surface area contributed by atoms with Crippen LogP contribution in [0.4, 0.5) is 0 Å². The summed E-state index contributed by atoms with van der Waals surface area (Å²) in [6.07, 6.45) is 0.698. The van der Waals surface area contributed by atoms with E-state index in [0.29, 0.717) is 11.3 Å². The number of ether oxygens (including phenoxy) is 1. The highest BCUT2D eigenvalue weighted by atomic mass is 32.1. The predicted octanol–water partition coefficient (Wildman–Crippen LogP) is 2.72. The normalized spacial score (nSPS) is 11.9. The van der Waals surface area contributed by atoms with E-state index < -0.39 is 11.8 Å². The summed E-state index contributed by atoms with van der Waals surface area (Å²) in [6.45, 7) is 5.48. The van der Waals surface area contributed by atoms with Crippen molar-refractivity contribution in [2.45, 2.75) is 27.2 Å². The van der Waals surface area contributed by atoms with Crippen molar-refractivity contribution in [3.8, 4) is 0 Å². The molecule has 1 unspecified atom stereocenters. The molecule has 0 radical (unpaired) electrons. The predicted molar refractivity (Wildman–Crippen MR) is 69.1 cm³/mol. The van der Waals surface area contributed by atoms with E-state index in [0.717, 1.165) is 0 Å². The Labute approximate surface area is 110 Å². The fourth-order valence-electron chi connectivity index (χ4n) is 1.39. The van der Waals surface area contributed by atoms with Gasteiger partial charge in [0, 0.05) is 5.92 Å². The fourth-order valence-corrected chi connectivity index (χ4v) is 2.34. The molecule has 4 nitrogen and oxygen atoms in total. The SMILES string of the molecule is CCOC(=O)C(=O)c1ccsc1C(=O)C(C)CC. The van der Waals surface area contributed by atoms with Crippen molar-refractivity contribution in [3.63, 3.8) is 0 Å². The van der Waals surface area contributed by atoms with Gasteiger partial charge in [-0.3, -0.25) is 9.59 Å². The van der Waals surface area contributed by atoms with E-state index >= 15 is 0 Å². The van der Waals surface area contributed by atoms with Crippen LogP contribution < -0.4 is 0 Å². The number of ketones is 2. The minimum atomic E-state index is -0.908. The van der Waals surface area contributed by atoms with Crippen LogP contribution in [-0.4, -0.2) is 24.1 Å². The first kappa shape index (κ1) is 14.6. The van der Waals surface area contributed by atoms with Crippen LogP contribution >= 0.6 is 11.3 Å². The minimum Gasteiger partial charge on any atom is -0.460 e. The van der Waals surface area contributed by atoms with Crippen LogP contribution in [0.15, 0.2) is 11.4 Å². The van der Waals surface area contributed by atoms with E-state index in [2.05, 4.69) is 4.74 Å². The van der Waals surface area contributed by atoms with Crippen molar-refractivity contribution in [3.05, 3.63) is 21.9 Å². The number of thiophene rings is 1. The van der Waals surface area contributed by atoms with E-state index in [4.69, 9.17) is 0 Å². The summed E-state index contributed by atoms with van der Waals surface area (Å²) in [6, 6.07) is 1.50. The molecule has 0 fully saturated rings. The molecule has 0 saturated carbocycles. The van der Waals surface area contributed by atoms with Crippen LogP contribution in [0.2, 0.25) is 0 Å². The van der Waals surface area contributed by atoms with Gasteiger partial charge in [0.2, 0.25) is 0 Å². The molecule has 0 saturated heterocycles. The molecule has 1 aromatic rings. The molecular formula is C13H16O4S. The summed E-state index contributed by atoms with van der Waals surface area (Å²) in [5.41, 5.74) is 0.156. The molecule has 1 rings (SSSR count). The molecule has 0 aliphatic rings. The van der Waals surface area contributed by atoms with Gasteiger partial charge in [0.05, 0.1) is 17.0 Å². The number of hydrogen-bond donors (Lipinski definition) is 0. The summed E-state index contributed by atoms with van der Waals surface area (Å²) in [4.78, 5) is 35.6. The molecule has 0 aliphatic carbocycles. The lowest BCUT2D eigenvalue weighted by molar-refractivity contribution is -0.137. The Morgan fingerprint density at radius 1 is 1.33 bits per heavy atom. The van der Waals surface area contributed by atoms with Crippen molar-refractivity contribution in [1.82, 2.24) is 0 Å². The summed E-state index contributed by atoms with van der Waals surface area (Å²) in [7, 11) is 0. The molecule has 0 amide bonds. The summed E-state index contributed by atoms with van der Waals surface area (Å²) >= 11 is 1.19. The fraction of sp³-hybridized carbons (Fsp3) is 0.462. The summed E-state index contributed by atoms with van der Waals surface area (Å²) in [5.74, 6) is -1.91. The highest BCUT2D eigenvalue weighted by Gasteiger charge is 2.26. The van der Waals surface area contributed by atoms with Gasteiger partial charge in [0.25, 0.3) is 5.78 Å². The van der Waals surface area contributed by atoms with Gasteiger partial charge in [-0.1, -0.05) is 13.8 Å². The van der Waals surface area contributed by atoms with Crippen molar-refractivity contribution < 1.29 is 19.1 Å². The zero-order valence-electron chi connectivity index (χ0n) is 10.7. The van der Waals surface area contributed by atoms with Gasteiger partial charge in [-0.2, -0.15) is 0 Å². The standard InChI is InChI=1S/C13H16O4S/c1-4-8(3)10(14)12-9(6-7-18-12)11(15)13(16)17-5-2/h6-8H,4-5H2,1-3H3. The lowest BCUT2D eigenvalue weighted by atomic mass is 9.99. The Morgan fingerprint density at radius 3 is 2.56 bits per heavy atom. The Hall–Kier alpha value is -1.49. The van der Waals surface area contributed by atoms with Crippen LogP contribution in [-0.2, 0) is 9.53 Å². The molecule has 0 spiro atoms. The quantitative estimate of drug-likeness (QED) is 0.452. The second-order valence-electron chi connectivity index (χ2n) is 3.89. The van der Waals surface area contributed by atoms with Gasteiger partial charge >= 0.3 is 5.97 Å². The lowest BCUT2D eigenvalue weighted by Crippen LogP contribution is -2.20. The first-order valence-corrected chi connectivity index (χ1v) is 6.74. The number of carbonyl (C=O) groups is 3. The van der Waals surface area contributed by atoms with Crippen LogP contribution in [0.25, 0.3) is 0 Å². The van der Waals surface area contributed by atoms with Crippen molar-refractivity contribution in [2.24, 2.45) is 5.92 Å². The van der Waals surface area contributed by atoms with Gasteiger partial charge < -0.3 is 4.74 Å². The number of rotatable bonds is 6. The zero-order valence-corrected chi connectivity index (χ0v) is 11.5. The second kappa shape index (κ2) is 6.44. The van der Waals surface area contributed by atoms with Gasteiger partial charge in [-0.05, 0) is 24.8 Å². The smallest absolute Gasteiger partial charge is 0.379 e. The molecule has 98 valence electrons. The van der Waals surface area contributed by atoms with Gasteiger partial charge in [0.1, 0.15) is 0 Å². The molecule has 0 N–H and O–H groups in total. The Bertz CT molecular complexity index is 461. The molecule has 0 aromatic carbocycles. The molecular weight excluding hydrogens is 252 g/mol. The average molecular weight is 268 g/mol. The number of carbonyl (C=O) groups excluding carboxylic acids is 3. The summed E-state index contributed by atoms with van der Waals surface area (Å²) < 4.78 is 4.65. The van der Waals surface area contributed by atoms with Crippen molar-refractivity contribution >= 4 is 28.9 Å². The molecule has 5 heteroatoms. The van der Waals surface area contributed by atoms with Crippen LogP contribution in [0.5, 0.6) is 0 Å². The molecule has 0 aliphatic heterocycles. The van der Waals surface area contributed by atoms with E-state index in [1.54, 1.807) is 19.2 Å². The number of Topliss-reactive ketones (excluding diaryl/α,β-unsaturated/α-hetero) is 2. The maximum Gasteiger partial charge on any atom is 0.379 e. The molecule has 0 bridgehead atoms. The molecule has 1 heterocycles. The Morgan fingerprint density at radius 2 is 2.00 bits per heavy atom. The second-order valence-corrected chi connectivity index (χ2v) is 4.80. The molecule has 1 aromatic heterocycles. The lowest BCUT2D eigenvalue weighted by Gasteiger charge is -2.07. The monoisotopic (exact) mass is 268 g/mol. The van der Waals surface area contributed by atoms with E-state index in [9.17, 15) is 14.4 Å². The van der Waals surface area contributed by atoms with Crippen LogP contribution in [0, 0.1) is 5.92 Å². The third-order valence-electron chi connectivity index (χ3n) is 2.65. The zero-order chi connectivity index (χ0) is 13.7. The highest BCUT2D eigenvalue weighted by molar-refractivity contribution is 7.12. The van der Waals surface area contributed by atoms with Crippen molar-refractivity contribution in [2.75, 3.05) is 6.61 Å². The Kier molecular flexibility index (Phi) is 5.22. The molecule has 1 atom stereocenters. The number of esters is 1. The summed E-state index contributed by atoms with van der Waals surface area (Å²) in [5, 5.41) is 1.64. The topological polar surface area (TPSA) is 60.4 Å². The largest absolute Gasteiger partial charge is 0.460 e. The molecule has 18 heavy (non-hydrogen) atoms. The number of hydrogen-bond acceptors (Lipinski definition) is 5. The maximum absolute atomic E-state index is 12.0. The third kappa shape index (κ3) is 3.04. The average Bonchev–Trinajstić information content (AvgIpc) is 2.85. The van der Waals surface area contributed by atoms with E-state index in [-0.39, 0.29) is 23.9 Å². The van der Waals surface area contributed by atoms with Gasteiger partial charge in [0.15, 0.2) is 5.78 Å². The maximum atomic E-state index is 12.0. The van der Waals surface area contributed by atoms with E-state index in [1.165, 1.54) is 17.4 Å². The van der Waals surface area contributed by atoms with Crippen LogP contribution in [0.1, 0.15) is 47.2 Å². The van der Waals surface area contributed by atoms with Gasteiger partial charge in [-0.25, -0.2) is 4.79 Å². The third-order valence-corrected chi connectivity index (χ3v) is 3.58. The van der Waals surface area contributed by atoms with Gasteiger partial charge in [-0.15, -0.1) is 11.3 Å². The first-order chi connectivity index (χ1) is 8.52. The minimum absolute atomic E-state index is 0.0971. The van der Waals surface area contributed by atoms with E-state index in [1.807, 2.05) is 6.92 Å². The van der Waals surface area contributed by atoms with Crippen molar-refractivity contribution in [1.29, 1.82) is 0 Å². The highest BCUT2D eigenvalue weighted by Crippen LogP contribution is 2.22. The first-order valence-electron chi connectivity index (χ1n) is 5.86. The Balaban J connectivity index is 2.99.